The van der Waals surface area contributed by atoms with E-state index in [1.807, 2.05) is 12.1 Å². The van der Waals surface area contributed by atoms with Crippen molar-refractivity contribution in [1.82, 2.24) is 10.7 Å². The van der Waals surface area contributed by atoms with E-state index in [4.69, 9.17) is 5.84 Å². The third-order valence-corrected chi connectivity index (χ3v) is 7.72. The maximum absolute atomic E-state index is 13.7. The number of rotatable bonds is 8. The number of nitrogens with one attached hydrogen (secondary N) is 2. The molecule has 0 aromatic heterocycles. The third kappa shape index (κ3) is 4.33. The van der Waals surface area contributed by atoms with E-state index in [9.17, 15) is 4.79 Å². The van der Waals surface area contributed by atoms with Crippen LogP contribution >= 0.6 is 0 Å². The Morgan fingerprint density at radius 2 is 1.75 bits per heavy atom. The molecule has 0 saturated heterocycles. The highest BCUT2D eigenvalue weighted by atomic mass is 16.1. The highest BCUT2D eigenvalue weighted by Crippen LogP contribution is 2.55. The molecule has 0 amide bonds. The lowest BCUT2D eigenvalue weighted by molar-refractivity contribution is -0.121. The summed E-state index contributed by atoms with van der Waals surface area (Å²) in [7, 11) is 0. The van der Waals surface area contributed by atoms with Crippen LogP contribution in [0.25, 0.3) is 11.4 Å². The number of ketones is 1. The maximum atomic E-state index is 13.7. The van der Waals surface area contributed by atoms with Gasteiger partial charge in [-0.15, -0.1) is 0 Å². The topological polar surface area (TPSA) is 67.2 Å². The number of benzene rings is 2. The van der Waals surface area contributed by atoms with Crippen molar-refractivity contribution < 1.29 is 4.79 Å². The zero-order chi connectivity index (χ0) is 22.7. The molecule has 0 aliphatic heterocycles. The molecule has 2 aliphatic carbocycles. The normalized spacial score (nSPS) is 21.6. The van der Waals surface area contributed by atoms with E-state index in [0.29, 0.717) is 23.5 Å². The molecule has 2 aromatic carbocycles. The number of hydrogen-bond acceptors (Lipinski definition) is 4. The molecule has 4 heteroatoms. The van der Waals surface area contributed by atoms with E-state index in [1.165, 1.54) is 18.4 Å². The minimum Gasteiger partial charge on any atom is -0.383 e. The van der Waals surface area contributed by atoms with Crippen LogP contribution in [0.5, 0.6) is 0 Å². The predicted octanol–water partition coefficient (Wildman–Crippen LogP) is 5.40. The Bertz CT molecular complexity index is 1000. The Labute approximate surface area is 192 Å². The molecule has 1 saturated carbocycles. The summed E-state index contributed by atoms with van der Waals surface area (Å²) in [6.07, 6.45) is 5.89. The summed E-state index contributed by atoms with van der Waals surface area (Å²) in [6.45, 7) is 7.47. The molecule has 0 heterocycles. The van der Waals surface area contributed by atoms with Gasteiger partial charge >= 0.3 is 0 Å². The van der Waals surface area contributed by atoms with Crippen LogP contribution in [-0.2, 0) is 11.2 Å². The van der Waals surface area contributed by atoms with Crippen LogP contribution in [0.2, 0.25) is 0 Å². The summed E-state index contributed by atoms with van der Waals surface area (Å²) in [4.78, 5) is 13.7. The Balaban J connectivity index is 1.77. The van der Waals surface area contributed by atoms with Gasteiger partial charge in [-0.3, -0.25) is 10.6 Å². The van der Waals surface area contributed by atoms with Gasteiger partial charge in [0.1, 0.15) is 5.78 Å². The molecule has 0 unspecified atom stereocenters. The fourth-order valence-corrected chi connectivity index (χ4v) is 5.40. The van der Waals surface area contributed by atoms with Gasteiger partial charge in [-0.1, -0.05) is 62.4 Å². The van der Waals surface area contributed by atoms with Gasteiger partial charge in [0, 0.05) is 30.0 Å². The lowest BCUT2D eigenvalue weighted by Crippen LogP contribution is -2.26. The molecule has 32 heavy (non-hydrogen) atoms. The van der Waals surface area contributed by atoms with Gasteiger partial charge in [0.15, 0.2) is 0 Å². The van der Waals surface area contributed by atoms with Gasteiger partial charge in [0.05, 0.1) is 11.4 Å². The van der Waals surface area contributed by atoms with Gasteiger partial charge in [0.25, 0.3) is 0 Å². The monoisotopic (exact) mass is 431 g/mol. The second kappa shape index (κ2) is 9.50. The molecule has 170 valence electrons. The van der Waals surface area contributed by atoms with Crippen LogP contribution in [0.1, 0.15) is 81.0 Å². The first-order valence-electron chi connectivity index (χ1n) is 12.2. The first kappa shape index (κ1) is 22.6. The molecule has 0 radical (unpaired) electrons. The Hall–Kier alpha value is -2.59. The lowest BCUT2D eigenvalue weighted by atomic mass is 9.81. The zero-order valence-corrected chi connectivity index (χ0v) is 19.7. The van der Waals surface area contributed by atoms with E-state index >= 15 is 0 Å². The van der Waals surface area contributed by atoms with Crippen LogP contribution < -0.4 is 16.6 Å². The first-order chi connectivity index (χ1) is 15.5. The summed E-state index contributed by atoms with van der Waals surface area (Å²) < 4.78 is 0. The SMILES string of the molecule is CCN/C1=C(\NN)c2ccccc2CC[C@H](C(=O)CCC2(C(C)C)CC2)c2ccccc21. The van der Waals surface area contributed by atoms with Crippen molar-refractivity contribution in [3.63, 3.8) is 0 Å². The number of carbonyl (C=O) groups excluding carboxylic acids is 1. The van der Waals surface area contributed by atoms with E-state index < -0.39 is 0 Å². The van der Waals surface area contributed by atoms with Gasteiger partial charge in [0.2, 0.25) is 0 Å². The molecular formula is C28H37N3O. The van der Waals surface area contributed by atoms with Crippen molar-refractivity contribution in [2.75, 3.05) is 6.54 Å². The van der Waals surface area contributed by atoms with Crippen LogP contribution in [0.15, 0.2) is 48.5 Å². The third-order valence-electron chi connectivity index (χ3n) is 7.72. The van der Waals surface area contributed by atoms with E-state index in [1.54, 1.807) is 0 Å². The summed E-state index contributed by atoms with van der Waals surface area (Å²) >= 11 is 0. The second-order valence-electron chi connectivity index (χ2n) is 9.74. The molecule has 1 atom stereocenters. The summed E-state index contributed by atoms with van der Waals surface area (Å²) in [6, 6.07) is 16.8. The maximum Gasteiger partial charge on any atom is 0.140 e. The summed E-state index contributed by atoms with van der Waals surface area (Å²) in [5.74, 6) is 7.00. The number of Topliss-reactive ketones (excluding diaryl/α,β-unsaturated/α-hetero) is 1. The second-order valence-corrected chi connectivity index (χ2v) is 9.74. The molecule has 1 fully saturated rings. The Morgan fingerprint density at radius 1 is 1.06 bits per heavy atom. The molecule has 4 N–H and O–H groups in total. The lowest BCUT2D eigenvalue weighted by Gasteiger charge is -2.24. The zero-order valence-electron chi connectivity index (χ0n) is 19.7. The first-order valence-corrected chi connectivity index (χ1v) is 12.2. The number of hydrogen-bond donors (Lipinski definition) is 3. The molecule has 0 bridgehead atoms. The standard InChI is InChI=1S/C28H37N3O/c1-4-30-26-24-12-8-7-11-22(24)23(25(32)15-16-28(17-18-28)19(2)3)14-13-20-9-5-6-10-21(20)27(26)31-29/h5-12,19,23,30-31H,4,13-18,29H2,1-3H3/b27-26-/t23-/m0/s1. The minimum atomic E-state index is -0.104. The van der Waals surface area contributed by atoms with Crippen LogP contribution in [0.4, 0.5) is 0 Å². The highest BCUT2D eigenvalue weighted by molar-refractivity contribution is 5.94. The van der Waals surface area contributed by atoms with Crippen molar-refractivity contribution >= 4 is 17.2 Å². The quantitative estimate of drug-likeness (QED) is 0.387. The average Bonchev–Trinajstić information content (AvgIpc) is 3.59. The van der Waals surface area contributed by atoms with Crippen molar-refractivity contribution in [2.24, 2.45) is 17.2 Å². The molecule has 0 spiro atoms. The van der Waals surface area contributed by atoms with Crippen LogP contribution in [0.3, 0.4) is 0 Å². The number of aryl methyl sites for hydroxylation is 1. The number of fused-ring (bicyclic) bond motifs is 2. The van der Waals surface area contributed by atoms with Gasteiger partial charge < -0.3 is 10.7 Å². The summed E-state index contributed by atoms with van der Waals surface area (Å²) in [5.41, 5.74) is 9.74. The number of hydrazine groups is 1. The van der Waals surface area contributed by atoms with Crippen molar-refractivity contribution in [2.45, 2.75) is 65.2 Å². The number of carbonyl (C=O) groups is 1. The minimum absolute atomic E-state index is 0.104. The smallest absolute Gasteiger partial charge is 0.140 e. The van der Waals surface area contributed by atoms with Crippen LogP contribution in [0, 0.1) is 11.3 Å². The van der Waals surface area contributed by atoms with Gasteiger partial charge in [-0.25, -0.2) is 0 Å². The number of nitrogens with two attached hydrogens (primary N) is 1. The van der Waals surface area contributed by atoms with E-state index in [-0.39, 0.29) is 5.92 Å². The van der Waals surface area contributed by atoms with Crippen molar-refractivity contribution in [3.05, 3.63) is 70.8 Å². The van der Waals surface area contributed by atoms with Gasteiger partial charge in [-0.2, -0.15) is 0 Å². The predicted molar refractivity (Wildman–Crippen MR) is 133 cm³/mol. The Kier molecular flexibility index (Phi) is 6.71. The molecule has 4 nitrogen and oxygen atoms in total. The van der Waals surface area contributed by atoms with E-state index in [0.717, 1.165) is 53.9 Å². The summed E-state index contributed by atoms with van der Waals surface area (Å²) in [5, 5.41) is 3.54. The highest BCUT2D eigenvalue weighted by Gasteiger charge is 2.45. The fourth-order valence-electron chi connectivity index (χ4n) is 5.40. The van der Waals surface area contributed by atoms with Gasteiger partial charge in [-0.05, 0) is 61.5 Å². The molecule has 2 aromatic rings. The largest absolute Gasteiger partial charge is 0.383 e. The van der Waals surface area contributed by atoms with Crippen molar-refractivity contribution in [3.8, 4) is 0 Å². The molecular weight excluding hydrogens is 394 g/mol. The fraction of sp³-hybridized carbons (Fsp3) is 0.464. The molecule has 4 rings (SSSR count). The van der Waals surface area contributed by atoms with Crippen molar-refractivity contribution in [1.29, 1.82) is 0 Å². The molecule has 2 aliphatic rings. The van der Waals surface area contributed by atoms with Crippen LogP contribution in [-0.4, -0.2) is 12.3 Å². The average molecular weight is 432 g/mol. The van der Waals surface area contributed by atoms with E-state index in [2.05, 4.69) is 67.9 Å². The Morgan fingerprint density at radius 3 is 2.41 bits per heavy atom.